The van der Waals surface area contributed by atoms with Gasteiger partial charge in [-0.3, -0.25) is 18.4 Å². The summed E-state index contributed by atoms with van der Waals surface area (Å²) in [5, 5.41) is 2.50. The van der Waals surface area contributed by atoms with Gasteiger partial charge in [0, 0.05) is 10.8 Å². The van der Waals surface area contributed by atoms with E-state index in [1.54, 1.807) is 20.9 Å². The van der Waals surface area contributed by atoms with E-state index in [2.05, 4.69) is 0 Å². The highest BCUT2D eigenvalue weighted by atomic mass is 16.1. The highest BCUT2D eigenvalue weighted by molar-refractivity contribution is 6.05. The molecule has 0 radical (unpaired) electrons. The first kappa shape index (κ1) is 18.7. The smallest absolute Gasteiger partial charge is 0.266 e. The molecular weight excluding hydrogens is 424 g/mol. The average molecular weight is 440 g/mol. The van der Waals surface area contributed by atoms with Gasteiger partial charge in [0.1, 0.15) is 11.3 Å². The molecular formula is C28H16N4O2. The molecule has 0 aliphatic heterocycles. The second-order valence-electron chi connectivity index (χ2n) is 8.22. The Labute approximate surface area is 191 Å². The van der Waals surface area contributed by atoms with Gasteiger partial charge in [-0.1, -0.05) is 60.7 Å². The SMILES string of the molecule is O=c1c2ccccc2nc2c3ccccc3c3nc4ccccc4c(=O)n3c3ccccc3n12. The summed E-state index contributed by atoms with van der Waals surface area (Å²) in [7, 11) is 0. The van der Waals surface area contributed by atoms with E-state index in [1.807, 2.05) is 84.9 Å². The molecule has 3 heterocycles. The number of rotatable bonds is 0. The zero-order valence-electron chi connectivity index (χ0n) is 17.8. The van der Waals surface area contributed by atoms with Gasteiger partial charge >= 0.3 is 0 Å². The number of aromatic nitrogens is 4. The standard InChI is InChI=1S/C28H16N4O2/c33-27-19-11-3-5-13-21(19)29-25-17-9-1-2-10-18(17)26-30-22-14-6-4-12-20(22)28(34)32(26)24-16-8-7-15-23(24)31(25)27/h1-16H. The van der Waals surface area contributed by atoms with Gasteiger partial charge in [-0.2, -0.15) is 0 Å². The second-order valence-corrected chi connectivity index (χ2v) is 8.22. The summed E-state index contributed by atoms with van der Waals surface area (Å²) in [6.07, 6.45) is 0. The molecule has 0 saturated heterocycles. The predicted molar refractivity (Wildman–Crippen MR) is 135 cm³/mol. The van der Waals surface area contributed by atoms with Crippen LogP contribution in [0.3, 0.4) is 0 Å². The van der Waals surface area contributed by atoms with Crippen molar-refractivity contribution < 1.29 is 0 Å². The minimum absolute atomic E-state index is 0.187. The van der Waals surface area contributed by atoms with Crippen LogP contribution in [0.2, 0.25) is 0 Å². The van der Waals surface area contributed by atoms with Crippen molar-refractivity contribution >= 4 is 54.9 Å². The fourth-order valence-electron chi connectivity index (χ4n) is 4.79. The summed E-state index contributed by atoms with van der Waals surface area (Å²) < 4.78 is 3.22. The van der Waals surface area contributed by atoms with E-state index in [4.69, 9.17) is 9.97 Å². The molecule has 7 rings (SSSR count). The molecule has 6 heteroatoms. The molecule has 0 unspecified atom stereocenters. The van der Waals surface area contributed by atoms with E-state index >= 15 is 0 Å². The van der Waals surface area contributed by atoms with Gasteiger partial charge in [-0.25, -0.2) is 9.97 Å². The van der Waals surface area contributed by atoms with Crippen molar-refractivity contribution in [2.45, 2.75) is 0 Å². The van der Waals surface area contributed by atoms with Crippen molar-refractivity contribution in [3.63, 3.8) is 0 Å². The van der Waals surface area contributed by atoms with Gasteiger partial charge in [0.05, 0.1) is 32.8 Å². The van der Waals surface area contributed by atoms with Gasteiger partial charge in [-0.05, 0) is 36.4 Å². The number of hydrogen-bond donors (Lipinski definition) is 0. The van der Waals surface area contributed by atoms with E-state index < -0.39 is 0 Å². The molecule has 0 amide bonds. The summed E-state index contributed by atoms with van der Waals surface area (Å²) in [5.74, 6) is 0. The van der Waals surface area contributed by atoms with E-state index in [-0.39, 0.29) is 11.1 Å². The molecule has 0 spiro atoms. The van der Waals surface area contributed by atoms with Crippen molar-refractivity contribution in [3.05, 3.63) is 118 Å². The summed E-state index contributed by atoms with van der Waals surface area (Å²) in [6.45, 7) is 0. The van der Waals surface area contributed by atoms with Crippen molar-refractivity contribution in [3.8, 4) is 0 Å². The lowest BCUT2D eigenvalue weighted by molar-refractivity contribution is 1.10. The van der Waals surface area contributed by atoms with E-state index in [1.165, 1.54) is 0 Å². The summed E-state index contributed by atoms with van der Waals surface area (Å²) in [4.78, 5) is 37.5. The Hall–Kier alpha value is -4.84. The minimum Gasteiger partial charge on any atom is -0.268 e. The Bertz CT molecular complexity index is 1970. The van der Waals surface area contributed by atoms with Gasteiger partial charge in [-0.15, -0.1) is 0 Å². The Morgan fingerprint density at radius 1 is 0.441 bits per heavy atom. The Kier molecular flexibility index (Phi) is 3.76. The van der Waals surface area contributed by atoms with Crippen LogP contribution in [0.15, 0.2) is 107 Å². The number of nitrogens with zero attached hydrogens (tertiary/aromatic N) is 4. The van der Waals surface area contributed by atoms with Crippen molar-refractivity contribution in [1.29, 1.82) is 0 Å². The lowest BCUT2D eigenvalue weighted by atomic mass is 10.1. The van der Waals surface area contributed by atoms with Crippen LogP contribution in [-0.2, 0) is 0 Å². The number of para-hydroxylation sites is 4. The first-order valence-corrected chi connectivity index (χ1v) is 11.0. The highest BCUT2D eigenvalue weighted by Crippen LogP contribution is 2.25. The minimum atomic E-state index is -0.187. The monoisotopic (exact) mass is 440 g/mol. The fourth-order valence-corrected chi connectivity index (χ4v) is 4.79. The van der Waals surface area contributed by atoms with Crippen LogP contribution >= 0.6 is 0 Å². The van der Waals surface area contributed by atoms with Crippen LogP contribution < -0.4 is 11.1 Å². The molecule has 3 aromatic heterocycles. The van der Waals surface area contributed by atoms with E-state index in [9.17, 15) is 9.59 Å². The first-order chi connectivity index (χ1) is 16.7. The van der Waals surface area contributed by atoms with Gasteiger partial charge < -0.3 is 0 Å². The summed E-state index contributed by atoms with van der Waals surface area (Å²) >= 11 is 0. The molecule has 0 aliphatic rings. The van der Waals surface area contributed by atoms with Crippen molar-refractivity contribution in [1.82, 2.24) is 18.8 Å². The molecule has 7 aromatic rings. The summed E-state index contributed by atoms with van der Waals surface area (Å²) in [5.41, 5.74) is 3.05. The number of fused-ring (bicyclic) bond motifs is 10. The Balaban J connectivity index is 1.97. The molecule has 0 bridgehead atoms. The largest absolute Gasteiger partial charge is 0.268 e. The fraction of sp³-hybridized carbons (Fsp3) is 0. The molecule has 0 aliphatic carbocycles. The normalized spacial score (nSPS) is 11.8. The quantitative estimate of drug-likeness (QED) is 0.337. The molecule has 160 valence electrons. The molecule has 0 atom stereocenters. The predicted octanol–water partition coefficient (Wildman–Crippen LogP) is 4.88. The molecule has 0 saturated carbocycles. The maximum absolute atomic E-state index is 13.8. The molecule has 0 fully saturated rings. The maximum atomic E-state index is 13.8. The third-order valence-electron chi connectivity index (χ3n) is 6.32. The van der Waals surface area contributed by atoms with Crippen LogP contribution in [0.4, 0.5) is 0 Å². The number of benzene rings is 4. The molecule has 0 N–H and O–H groups in total. The zero-order valence-corrected chi connectivity index (χ0v) is 17.8. The second kappa shape index (κ2) is 6.83. The Morgan fingerprint density at radius 2 is 0.794 bits per heavy atom. The first-order valence-electron chi connectivity index (χ1n) is 11.0. The van der Waals surface area contributed by atoms with Crippen LogP contribution in [0.5, 0.6) is 0 Å². The Morgan fingerprint density at radius 3 is 1.24 bits per heavy atom. The lowest BCUT2D eigenvalue weighted by Gasteiger charge is -2.12. The van der Waals surface area contributed by atoms with Crippen LogP contribution in [0.1, 0.15) is 0 Å². The van der Waals surface area contributed by atoms with Gasteiger partial charge in [0.2, 0.25) is 0 Å². The third-order valence-corrected chi connectivity index (χ3v) is 6.32. The van der Waals surface area contributed by atoms with Crippen molar-refractivity contribution in [2.24, 2.45) is 0 Å². The third kappa shape index (κ3) is 2.45. The van der Waals surface area contributed by atoms with Crippen LogP contribution in [0, 0.1) is 0 Å². The summed E-state index contributed by atoms with van der Waals surface area (Å²) in [6, 6.07) is 29.7. The molecule has 34 heavy (non-hydrogen) atoms. The zero-order chi connectivity index (χ0) is 22.8. The highest BCUT2D eigenvalue weighted by Gasteiger charge is 2.15. The van der Waals surface area contributed by atoms with E-state index in [0.29, 0.717) is 44.1 Å². The van der Waals surface area contributed by atoms with Gasteiger partial charge in [0.15, 0.2) is 0 Å². The van der Waals surface area contributed by atoms with Crippen LogP contribution in [-0.4, -0.2) is 18.8 Å². The number of hydrogen-bond acceptors (Lipinski definition) is 4. The van der Waals surface area contributed by atoms with Crippen LogP contribution in [0.25, 0.3) is 54.9 Å². The average Bonchev–Trinajstić information content (AvgIpc) is 2.88. The maximum Gasteiger partial charge on any atom is 0.266 e. The lowest BCUT2D eigenvalue weighted by Crippen LogP contribution is -2.19. The van der Waals surface area contributed by atoms with Crippen molar-refractivity contribution in [2.75, 3.05) is 0 Å². The van der Waals surface area contributed by atoms with E-state index in [0.717, 1.165) is 10.8 Å². The molecule has 4 aromatic carbocycles. The van der Waals surface area contributed by atoms with Gasteiger partial charge in [0.25, 0.3) is 11.1 Å². The molecule has 6 nitrogen and oxygen atoms in total. The topological polar surface area (TPSA) is 68.7 Å².